The van der Waals surface area contributed by atoms with E-state index in [1.165, 1.54) is 12.5 Å². The largest absolute Gasteiger partial charge is 0.242 e. The summed E-state index contributed by atoms with van der Waals surface area (Å²) in [6.07, 6.45) is 3.14. The number of hydrogen-bond acceptors (Lipinski definition) is 2. The lowest BCUT2D eigenvalue weighted by molar-refractivity contribution is 0.593. The molecule has 0 unspecified atom stereocenters. The third-order valence-electron chi connectivity index (χ3n) is 1.08. The van der Waals surface area contributed by atoms with Gasteiger partial charge in [0.2, 0.25) is 0 Å². The van der Waals surface area contributed by atoms with Crippen LogP contribution in [-0.4, -0.2) is 27.3 Å². The van der Waals surface area contributed by atoms with Gasteiger partial charge in [0.25, 0.3) is 0 Å². The van der Waals surface area contributed by atoms with E-state index in [4.69, 9.17) is 0 Å². The summed E-state index contributed by atoms with van der Waals surface area (Å²) in [6.45, 7) is 1.85. The van der Waals surface area contributed by atoms with E-state index in [2.05, 4.69) is 9.97 Å². The van der Waals surface area contributed by atoms with Crippen molar-refractivity contribution in [3.63, 3.8) is 0 Å². The van der Waals surface area contributed by atoms with Gasteiger partial charge in [0.15, 0.2) is 5.82 Å². The highest BCUT2D eigenvalue weighted by Crippen LogP contribution is 1.99. The van der Waals surface area contributed by atoms with Crippen molar-refractivity contribution in [1.29, 1.82) is 0 Å². The third kappa shape index (κ3) is 2.05. The molecule has 1 aromatic rings. The zero-order chi connectivity index (χ0) is 6.69. The fourth-order valence-corrected chi connectivity index (χ4v) is 0.598. The number of rotatable bonds is 1. The van der Waals surface area contributed by atoms with Crippen LogP contribution in [-0.2, 0) is 6.42 Å². The van der Waals surface area contributed by atoms with Crippen molar-refractivity contribution in [2.75, 3.05) is 0 Å². The maximum Gasteiger partial charge on any atom is 0.162 e. The van der Waals surface area contributed by atoms with Crippen molar-refractivity contribution < 1.29 is 4.39 Å². The van der Waals surface area contributed by atoms with E-state index in [0.717, 1.165) is 0 Å². The van der Waals surface area contributed by atoms with Gasteiger partial charge in [-0.25, -0.2) is 14.4 Å². The lowest BCUT2D eigenvalue weighted by atomic mass is 10.3. The number of aromatic nitrogens is 2. The van der Waals surface area contributed by atoms with Crippen LogP contribution >= 0.6 is 0 Å². The smallest absolute Gasteiger partial charge is 0.162 e. The predicted octanol–water partition coefficient (Wildman–Crippen LogP) is 0.797. The van der Waals surface area contributed by atoms with Crippen molar-refractivity contribution in [2.24, 2.45) is 0 Å². The minimum absolute atomic E-state index is 0. The van der Waals surface area contributed by atoms with E-state index in [9.17, 15) is 4.39 Å². The first-order valence-corrected chi connectivity index (χ1v) is 2.79. The fourth-order valence-electron chi connectivity index (χ4n) is 0.598. The molecule has 0 spiro atoms. The number of hydrogen-bond donors (Lipinski definition) is 0. The molecule has 2 nitrogen and oxygen atoms in total. The molecule has 0 aliphatic rings. The summed E-state index contributed by atoms with van der Waals surface area (Å²) < 4.78 is 12.5. The summed E-state index contributed by atoms with van der Waals surface area (Å²) in [7, 11) is 0. The Kier molecular flexibility index (Phi) is 4.17. The SMILES string of the molecule is CCc1ncncc1F.[Al]. The van der Waals surface area contributed by atoms with Gasteiger partial charge in [0.05, 0.1) is 11.9 Å². The van der Waals surface area contributed by atoms with Crippen LogP contribution in [0.3, 0.4) is 0 Å². The molecule has 0 saturated heterocycles. The molecule has 0 saturated carbocycles. The van der Waals surface area contributed by atoms with Gasteiger partial charge >= 0.3 is 0 Å². The van der Waals surface area contributed by atoms with E-state index in [0.29, 0.717) is 12.1 Å². The summed E-state index contributed by atoms with van der Waals surface area (Å²) in [4.78, 5) is 7.22. The summed E-state index contributed by atoms with van der Waals surface area (Å²) in [6, 6.07) is 0. The highest BCUT2D eigenvalue weighted by Gasteiger charge is 1.96. The van der Waals surface area contributed by atoms with Gasteiger partial charge in [-0.2, -0.15) is 0 Å². The molecule has 0 N–H and O–H groups in total. The van der Waals surface area contributed by atoms with E-state index >= 15 is 0 Å². The second-order valence-corrected chi connectivity index (χ2v) is 1.67. The lowest BCUT2D eigenvalue weighted by Crippen LogP contribution is -1.92. The van der Waals surface area contributed by atoms with Crippen LogP contribution in [0.2, 0.25) is 0 Å². The van der Waals surface area contributed by atoms with Crippen LogP contribution in [0.5, 0.6) is 0 Å². The average Bonchev–Trinajstić information content (AvgIpc) is 1.89. The van der Waals surface area contributed by atoms with E-state index in [1.807, 2.05) is 6.92 Å². The van der Waals surface area contributed by atoms with Crippen molar-refractivity contribution in [1.82, 2.24) is 9.97 Å². The molecule has 1 rings (SSSR count). The zero-order valence-electron chi connectivity index (χ0n) is 5.71. The van der Waals surface area contributed by atoms with Gasteiger partial charge in [0, 0.05) is 17.4 Å². The molecule has 0 bridgehead atoms. The second kappa shape index (κ2) is 4.37. The standard InChI is InChI=1S/C6H7FN2.Al/c1-2-6-5(7)3-8-4-9-6;/h3-4H,2H2,1H3;. The Bertz CT molecular complexity index is 205. The summed E-state index contributed by atoms with van der Waals surface area (Å²) >= 11 is 0. The average molecular weight is 153 g/mol. The third-order valence-corrected chi connectivity index (χ3v) is 1.08. The Morgan fingerprint density at radius 3 is 2.70 bits per heavy atom. The van der Waals surface area contributed by atoms with Crippen molar-refractivity contribution in [3.05, 3.63) is 24.0 Å². The molecule has 1 aromatic heterocycles. The second-order valence-electron chi connectivity index (χ2n) is 1.67. The van der Waals surface area contributed by atoms with Gasteiger partial charge < -0.3 is 0 Å². The minimum Gasteiger partial charge on any atom is -0.242 e. The highest BCUT2D eigenvalue weighted by atomic mass is 27.0. The molecular weight excluding hydrogens is 146 g/mol. The molecule has 0 aliphatic carbocycles. The lowest BCUT2D eigenvalue weighted by Gasteiger charge is -1.92. The van der Waals surface area contributed by atoms with Crippen LogP contribution in [0.4, 0.5) is 4.39 Å². The van der Waals surface area contributed by atoms with Crippen molar-refractivity contribution in [3.8, 4) is 0 Å². The van der Waals surface area contributed by atoms with Crippen molar-refractivity contribution >= 4 is 17.4 Å². The van der Waals surface area contributed by atoms with Crippen LogP contribution in [0.25, 0.3) is 0 Å². The molecule has 0 amide bonds. The number of nitrogens with zero attached hydrogens (tertiary/aromatic N) is 2. The molecular formula is C6H7AlFN2. The van der Waals surface area contributed by atoms with E-state index in [1.54, 1.807) is 0 Å². The molecule has 1 heterocycles. The Balaban J connectivity index is 0.000000810. The van der Waals surface area contributed by atoms with Gasteiger partial charge in [-0.3, -0.25) is 0 Å². The highest BCUT2D eigenvalue weighted by molar-refractivity contribution is 5.75. The molecule has 0 fully saturated rings. The van der Waals surface area contributed by atoms with Gasteiger partial charge in [0.1, 0.15) is 6.33 Å². The maximum atomic E-state index is 12.5. The number of aryl methyl sites for hydroxylation is 1. The van der Waals surface area contributed by atoms with Crippen LogP contribution in [0.15, 0.2) is 12.5 Å². The summed E-state index contributed by atoms with van der Waals surface area (Å²) in [5.74, 6) is -0.319. The fraction of sp³-hybridized carbons (Fsp3) is 0.333. The Labute approximate surface area is 69.6 Å². The predicted molar refractivity (Wildman–Crippen MR) is 37.1 cm³/mol. The molecule has 10 heavy (non-hydrogen) atoms. The molecule has 3 radical (unpaired) electrons. The maximum absolute atomic E-state index is 12.5. The van der Waals surface area contributed by atoms with E-state index in [-0.39, 0.29) is 23.2 Å². The first-order chi connectivity index (χ1) is 4.34. The Morgan fingerprint density at radius 2 is 2.30 bits per heavy atom. The van der Waals surface area contributed by atoms with Gasteiger partial charge in [-0.05, 0) is 6.42 Å². The summed E-state index contributed by atoms with van der Waals surface area (Å²) in [5, 5.41) is 0. The first-order valence-electron chi connectivity index (χ1n) is 2.79. The summed E-state index contributed by atoms with van der Waals surface area (Å²) in [5.41, 5.74) is 0.477. The van der Waals surface area contributed by atoms with Crippen LogP contribution in [0, 0.1) is 5.82 Å². The van der Waals surface area contributed by atoms with Crippen LogP contribution in [0.1, 0.15) is 12.6 Å². The molecule has 0 aromatic carbocycles. The van der Waals surface area contributed by atoms with Gasteiger partial charge in [-0.1, -0.05) is 6.92 Å². The molecule has 0 aliphatic heterocycles. The minimum atomic E-state index is -0.319. The number of halogens is 1. The Morgan fingerprint density at radius 1 is 1.60 bits per heavy atom. The molecule has 4 heteroatoms. The molecule has 0 atom stereocenters. The Hall–Kier alpha value is -0.458. The zero-order valence-corrected chi connectivity index (χ0v) is 6.87. The normalized spacial score (nSPS) is 8.60. The molecule has 51 valence electrons. The van der Waals surface area contributed by atoms with Crippen molar-refractivity contribution in [2.45, 2.75) is 13.3 Å². The van der Waals surface area contributed by atoms with Crippen LogP contribution < -0.4 is 0 Å². The first kappa shape index (κ1) is 9.54. The monoisotopic (exact) mass is 153 g/mol. The quantitative estimate of drug-likeness (QED) is 0.557. The van der Waals surface area contributed by atoms with Gasteiger partial charge in [-0.15, -0.1) is 0 Å². The van der Waals surface area contributed by atoms with E-state index < -0.39 is 0 Å². The topological polar surface area (TPSA) is 25.8 Å².